The predicted octanol–water partition coefficient (Wildman–Crippen LogP) is 2.97. The molecule has 0 aromatic rings. The lowest BCUT2D eigenvalue weighted by atomic mass is 10.0. The van der Waals surface area contributed by atoms with Crippen LogP contribution in [0.25, 0.3) is 0 Å². The molecule has 0 bridgehead atoms. The van der Waals surface area contributed by atoms with Crippen molar-refractivity contribution in [2.75, 3.05) is 7.11 Å². The van der Waals surface area contributed by atoms with Crippen molar-refractivity contribution >= 4 is 0 Å². The van der Waals surface area contributed by atoms with Crippen molar-refractivity contribution < 1.29 is 4.74 Å². The quantitative estimate of drug-likeness (QED) is 0.732. The van der Waals surface area contributed by atoms with Gasteiger partial charge in [0, 0.05) is 19.2 Å². The third kappa shape index (κ3) is 4.98. The van der Waals surface area contributed by atoms with E-state index in [0.717, 1.165) is 5.92 Å². The second-order valence-electron chi connectivity index (χ2n) is 5.41. The van der Waals surface area contributed by atoms with Crippen LogP contribution in [0.3, 0.4) is 0 Å². The van der Waals surface area contributed by atoms with Gasteiger partial charge in [-0.1, -0.05) is 13.8 Å². The first-order chi connectivity index (χ1) is 7.11. The van der Waals surface area contributed by atoms with E-state index in [0.29, 0.717) is 18.2 Å². The van der Waals surface area contributed by atoms with Gasteiger partial charge in [0.2, 0.25) is 0 Å². The van der Waals surface area contributed by atoms with E-state index in [-0.39, 0.29) is 0 Å². The van der Waals surface area contributed by atoms with Gasteiger partial charge in [-0.15, -0.1) is 0 Å². The molecule has 1 saturated carbocycles. The third-order valence-electron chi connectivity index (χ3n) is 3.42. The summed E-state index contributed by atoms with van der Waals surface area (Å²) in [5, 5.41) is 3.72. The van der Waals surface area contributed by atoms with Gasteiger partial charge in [-0.2, -0.15) is 0 Å². The third-order valence-corrected chi connectivity index (χ3v) is 3.42. The van der Waals surface area contributed by atoms with Gasteiger partial charge in [0.1, 0.15) is 0 Å². The minimum atomic E-state index is 0.500. The molecule has 1 rings (SSSR count). The van der Waals surface area contributed by atoms with Gasteiger partial charge in [-0.3, -0.25) is 0 Å². The zero-order valence-corrected chi connectivity index (χ0v) is 10.8. The summed E-state index contributed by atoms with van der Waals surface area (Å²) in [5.41, 5.74) is 0. The summed E-state index contributed by atoms with van der Waals surface area (Å²) in [6.07, 6.45) is 6.83. The van der Waals surface area contributed by atoms with Gasteiger partial charge < -0.3 is 10.1 Å². The molecule has 0 spiro atoms. The highest BCUT2D eigenvalue weighted by Gasteiger charge is 2.24. The second kappa shape index (κ2) is 6.49. The Morgan fingerprint density at radius 1 is 1.20 bits per heavy atom. The highest BCUT2D eigenvalue weighted by Crippen LogP contribution is 2.22. The summed E-state index contributed by atoms with van der Waals surface area (Å²) in [6.45, 7) is 6.90. The Balaban J connectivity index is 2.13. The van der Waals surface area contributed by atoms with E-state index in [1.165, 1.54) is 32.1 Å². The molecule has 2 heteroatoms. The summed E-state index contributed by atoms with van der Waals surface area (Å²) < 4.78 is 5.38. The van der Waals surface area contributed by atoms with Crippen molar-refractivity contribution in [1.82, 2.24) is 5.32 Å². The Morgan fingerprint density at radius 3 is 2.47 bits per heavy atom. The van der Waals surface area contributed by atoms with Crippen molar-refractivity contribution in [3.63, 3.8) is 0 Å². The molecular formula is C13H27NO. The number of rotatable bonds is 6. The van der Waals surface area contributed by atoms with E-state index in [1.54, 1.807) is 0 Å². The first kappa shape index (κ1) is 13.0. The molecule has 1 fully saturated rings. The lowest BCUT2D eigenvalue weighted by Gasteiger charge is -2.20. The normalized spacial score (nSPS) is 28.6. The molecule has 0 aromatic heterocycles. The molecule has 1 aliphatic rings. The average molecular weight is 213 g/mol. The summed E-state index contributed by atoms with van der Waals surface area (Å²) >= 11 is 0. The van der Waals surface area contributed by atoms with Crippen molar-refractivity contribution in [1.29, 1.82) is 0 Å². The van der Waals surface area contributed by atoms with Crippen LogP contribution in [0.4, 0.5) is 0 Å². The molecular weight excluding hydrogens is 186 g/mol. The van der Waals surface area contributed by atoms with Crippen LogP contribution in [-0.2, 0) is 4.74 Å². The van der Waals surface area contributed by atoms with Gasteiger partial charge in [-0.25, -0.2) is 0 Å². The smallest absolute Gasteiger partial charge is 0.0586 e. The fourth-order valence-corrected chi connectivity index (χ4v) is 2.37. The largest absolute Gasteiger partial charge is 0.381 e. The van der Waals surface area contributed by atoms with Crippen molar-refractivity contribution in [2.24, 2.45) is 5.92 Å². The minimum Gasteiger partial charge on any atom is -0.381 e. The summed E-state index contributed by atoms with van der Waals surface area (Å²) in [5.74, 6) is 0.824. The molecule has 0 aromatic carbocycles. The number of hydrogen-bond donors (Lipinski definition) is 1. The lowest BCUT2D eigenvalue weighted by Crippen LogP contribution is -2.35. The Kier molecular flexibility index (Phi) is 5.62. The maximum absolute atomic E-state index is 5.38. The number of hydrogen-bond acceptors (Lipinski definition) is 2. The minimum absolute atomic E-state index is 0.500. The molecule has 0 saturated heterocycles. The molecule has 0 aliphatic heterocycles. The van der Waals surface area contributed by atoms with Crippen LogP contribution in [0.2, 0.25) is 0 Å². The summed E-state index contributed by atoms with van der Waals surface area (Å²) in [6, 6.07) is 1.35. The standard InChI is InChI=1S/C13H27NO/c1-10(2)5-6-11(3)14-12-7-8-13(9-12)15-4/h10-14H,5-9H2,1-4H3. The van der Waals surface area contributed by atoms with E-state index in [2.05, 4.69) is 26.1 Å². The molecule has 3 atom stereocenters. The molecule has 15 heavy (non-hydrogen) atoms. The molecule has 0 heterocycles. The van der Waals surface area contributed by atoms with Gasteiger partial charge in [0.05, 0.1) is 6.10 Å². The molecule has 1 N–H and O–H groups in total. The first-order valence-electron chi connectivity index (χ1n) is 6.40. The zero-order valence-electron chi connectivity index (χ0n) is 10.8. The molecule has 90 valence electrons. The Labute approximate surface area is 94.8 Å². The second-order valence-corrected chi connectivity index (χ2v) is 5.41. The van der Waals surface area contributed by atoms with Gasteiger partial charge in [0.25, 0.3) is 0 Å². The zero-order chi connectivity index (χ0) is 11.3. The Morgan fingerprint density at radius 2 is 1.93 bits per heavy atom. The topological polar surface area (TPSA) is 21.3 Å². The Bertz CT molecular complexity index is 170. The fraction of sp³-hybridized carbons (Fsp3) is 1.00. The number of methoxy groups -OCH3 is 1. The average Bonchev–Trinajstić information content (AvgIpc) is 2.62. The highest BCUT2D eigenvalue weighted by molar-refractivity contribution is 4.82. The molecule has 3 unspecified atom stereocenters. The SMILES string of the molecule is COC1CCC(NC(C)CCC(C)C)C1. The lowest BCUT2D eigenvalue weighted by molar-refractivity contribution is 0.106. The van der Waals surface area contributed by atoms with Crippen molar-refractivity contribution in [3.8, 4) is 0 Å². The Hall–Kier alpha value is -0.0800. The fourth-order valence-electron chi connectivity index (χ4n) is 2.37. The predicted molar refractivity (Wildman–Crippen MR) is 65.1 cm³/mol. The molecule has 0 amide bonds. The monoisotopic (exact) mass is 213 g/mol. The van der Waals surface area contributed by atoms with Gasteiger partial charge >= 0.3 is 0 Å². The van der Waals surface area contributed by atoms with Crippen molar-refractivity contribution in [3.05, 3.63) is 0 Å². The molecule has 1 aliphatic carbocycles. The van der Waals surface area contributed by atoms with Crippen LogP contribution in [0, 0.1) is 5.92 Å². The molecule has 0 radical (unpaired) electrons. The maximum atomic E-state index is 5.38. The van der Waals surface area contributed by atoms with Crippen LogP contribution in [0.1, 0.15) is 52.9 Å². The van der Waals surface area contributed by atoms with Gasteiger partial charge in [-0.05, 0) is 44.9 Å². The molecule has 2 nitrogen and oxygen atoms in total. The van der Waals surface area contributed by atoms with E-state index in [9.17, 15) is 0 Å². The van der Waals surface area contributed by atoms with Crippen molar-refractivity contribution in [2.45, 2.75) is 71.1 Å². The van der Waals surface area contributed by atoms with Crippen LogP contribution < -0.4 is 5.32 Å². The highest BCUT2D eigenvalue weighted by atomic mass is 16.5. The summed E-state index contributed by atoms with van der Waals surface area (Å²) in [7, 11) is 1.83. The van der Waals surface area contributed by atoms with E-state index >= 15 is 0 Å². The van der Waals surface area contributed by atoms with Crippen LogP contribution in [0.5, 0.6) is 0 Å². The van der Waals surface area contributed by atoms with E-state index < -0.39 is 0 Å². The van der Waals surface area contributed by atoms with E-state index in [4.69, 9.17) is 4.74 Å². The number of nitrogens with one attached hydrogen (secondary N) is 1. The van der Waals surface area contributed by atoms with Crippen LogP contribution in [-0.4, -0.2) is 25.3 Å². The van der Waals surface area contributed by atoms with E-state index in [1.807, 2.05) is 7.11 Å². The first-order valence-corrected chi connectivity index (χ1v) is 6.40. The van der Waals surface area contributed by atoms with Crippen LogP contribution in [0.15, 0.2) is 0 Å². The number of ether oxygens (including phenoxy) is 1. The van der Waals surface area contributed by atoms with Gasteiger partial charge in [0.15, 0.2) is 0 Å². The van der Waals surface area contributed by atoms with Crippen LogP contribution >= 0.6 is 0 Å². The maximum Gasteiger partial charge on any atom is 0.0586 e. The summed E-state index contributed by atoms with van der Waals surface area (Å²) in [4.78, 5) is 0.